The second-order valence-corrected chi connectivity index (χ2v) is 5.96. The molecule has 0 saturated carbocycles. The lowest BCUT2D eigenvalue weighted by atomic mass is 9.77. The molecule has 3 rings (SSSR count). The van der Waals surface area contributed by atoms with Gasteiger partial charge in [-0.3, -0.25) is 9.29 Å². The van der Waals surface area contributed by atoms with Gasteiger partial charge in [0.25, 0.3) is 0 Å². The van der Waals surface area contributed by atoms with Crippen LogP contribution in [-0.2, 0) is 12.8 Å². The molecule has 1 aliphatic carbocycles. The van der Waals surface area contributed by atoms with Crippen molar-refractivity contribution in [2.45, 2.75) is 25.7 Å². The van der Waals surface area contributed by atoms with Gasteiger partial charge in [0, 0.05) is 25.0 Å². The third-order valence-corrected chi connectivity index (χ3v) is 5.02. The molecule has 1 aromatic heterocycles. The summed E-state index contributed by atoms with van der Waals surface area (Å²) in [5, 5.41) is 0. The molecule has 0 amide bonds. The molecular weight excluding hydrogens is 216 g/mol. The van der Waals surface area contributed by atoms with Gasteiger partial charge in [0.05, 0.1) is 0 Å². The molecule has 0 aromatic carbocycles. The second-order valence-electron chi connectivity index (χ2n) is 5.07. The van der Waals surface area contributed by atoms with E-state index in [9.17, 15) is 0 Å². The Morgan fingerprint density at radius 1 is 1.31 bits per heavy atom. The van der Waals surface area contributed by atoms with Crippen LogP contribution in [0.5, 0.6) is 0 Å². The summed E-state index contributed by atoms with van der Waals surface area (Å²) in [7, 11) is 0. The van der Waals surface area contributed by atoms with Gasteiger partial charge in [-0.25, -0.2) is 0 Å². The summed E-state index contributed by atoms with van der Waals surface area (Å²) >= 11 is 1.89. The minimum atomic E-state index is 0.545. The van der Waals surface area contributed by atoms with E-state index in [2.05, 4.69) is 27.7 Å². The molecule has 0 bridgehead atoms. The van der Waals surface area contributed by atoms with Crippen molar-refractivity contribution < 1.29 is 0 Å². The number of hydrogen-bond acceptors (Lipinski definition) is 3. The Bertz CT molecular complexity index is 356. The maximum absolute atomic E-state index is 4.53. The molecular formula is C13H18N2S. The summed E-state index contributed by atoms with van der Waals surface area (Å²) in [4.78, 5) is 4.53. The van der Waals surface area contributed by atoms with Crippen LogP contribution in [-0.4, -0.2) is 28.6 Å². The molecule has 2 aliphatic rings. The van der Waals surface area contributed by atoms with Crippen molar-refractivity contribution in [1.29, 1.82) is 0 Å². The van der Waals surface area contributed by atoms with E-state index in [-0.39, 0.29) is 0 Å². The zero-order valence-electron chi connectivity index (χ0n) is 9.78. The Kier molecular flexibility index (Phi) is 2.68. The molecule has 3 heteroatoms. The first-order valence-electron chi connectivity index (χ1n) is 6.03. The molecule has 1 fully saturated rings. The summed E-state index contributed by atoms with van der Waals surface area (Å²) in [6, 6.07) is 4.34. The molecule has 0 unspecified atom stereocenters. The molecule has 1 spiro atoms. The van der Waals surface area contributed by atoms with Crippen molar-refractivity contribution in [3.63, 3.8) is 0 Å². The monoisotopic (exact) mass is 234 g/mol. The molecule has 1 aliphatic heterocycles. The number of hydrogen-bond donors (Lipinski definition) is 0. The van der Waals surface area contributed by atoms with E-state index in [4.69, 9.17) is 0 Å². The molecule has 1 saturated heterocycles. The molecule has 1 aromatic rings. The first kappa shape index (κ1) is 10.6. The largest absolute Gasteiger partial charge is 0.261 e. The van der Waals surface area contributed by atoms with Gasteiger partial charge in [0.1, 0.15) is 0 Å². The predicted octanol–water partition coefficient (Wildman–Crippen LogP) is 2.54. The minimum Gasteiger partial charge on any atom is -0.261 e. The lowest BCUT2D eigenvalue weighted by Crippen LogP contribution is -2.37. The van der Waals surface area contributed by atoms with Crippen LogP contribution in [0, 0.1) is 5.41 Å². The van der Waals surface area contributed by atoms with Gasteiger partial charge in [0.15, 0.2) is 0 Å². The smallest absolute Gasteiger partial charge is 0.0441 e. The van der Waals surface area contributed by atoms with Crippen molar-refractivity contribution in [3.8, 4) is 0 Å². The maximum Gasteiger partial charge on any atom is 0.0441 e. The summed E-state index contributed by atoms with van der Waals surface area (Å²) in [5.41, 5.74) is 3.41. The van der Waals surface area contributed by atoms with Crippen molar-refractivity contribution in [2.24, 2.45) is 5.41 Å². The zero-order chi connectivity index (χ0) is 11.0. The SMILES string of the molecule is CSN1CCC2(CC1)Cc1cccnc1C2. The first-order valence-corrected chi connectivity index (χ1v) is 7.21. The minimum absolute atomic E-state index is 0.545. The normalized spacial score (nSPS) is 23.6. The topological polar surface area (TPSA) is 16.1 Å². The number of piperidine rings is 1. The van der Waals surface area contributed by atoms with E-state index < -0.39 is 0 Å². The number of pyridine rings is 1. The van der Waals surface area contributed by atoms with Crippen LogP contribution >= 0.6 is 11.9 Å². The lowest BCUT2D eigenvalue weighted by Gasteiger charge is -2.38. The Hall–Kier alpha value is -0.540. The maximum atomic E-state index is 4.53. The highest BCUT2D eigenvalue weighted by Gasteiger charge is 2.40. The highest BCUT2D eigenvalue weighted by Crippen LogP contribution is 2.44. The number of rotatable bonds is 1. The molecule has 0 atom stereocenters. The van der Waals surface area contributed by atoms with E-state index in [0.29, 0.717) is 5.41 Å². The fourth-order valence-electron chi connectivity index (χ4n) is 3.11. The fourth-order valence-corrected chi connectivity index (χ4v) is 3.66. The average Bonchev–Trinajstić information content (AvgIpc) is 2.68. The number of nitrogens with zero attached hydrogens (tertiary/aromatic N) is 2. The summed E-state index contributed by atoms with van der Waals surface area (Å²) in [6.45, 7) is 2.49. The Balaban J connectivity index is 1.75. The lowest BCUT2D eigenvalue weighted by molar-refractivity contribution is 0.171. The third kappa shape index (κ3) is 1.76. The standard InChI is InChI=1S/C13H18N2S/c1-16-15-7-4-13(5-8-15)9-11-3-2-6-14-12(11)10-13/h2-3,6H,4-5,7-10H2,1H3. The van der Waals surface area contributed by atoms with Crippen LogP contribution in [0.1, 0.15) is 24.1 Å². The highest BCUT2D eigenvalue weighted by molar-refractivity contribution is 7.96. The van der Waals surface area contributed by atoms with E-state index in [1.165, 1.54) is 50.0 Å². The van der Waals surface area contributed by atoms with Crippen LogP contribution in [0.4, 0.5) is 0 Å². The van der Waals surface area contributed by atoms with E-state index in [1.54, 1.807) is 0 Å². The molecule has 2 nitrogen and oxygen atoms in total. The average molecular weight is 234 g/mol. The van der Waals surface area contributed by atoms with E-state index >= 15 is 0 Å². The third-order valence-electron chi connectivity index (χ3n) is 4.13. The summed E-state index contributed by atoms with van der Waals surface area (Å²) in [5.74, 6) is 0. The van der Waals surface area contributed by atoms with Crippen molar-refractivity contribution >= 4 is 11.9 Å². The quantitative estimate of drug-likeness (QED) is 0.695. The molecule has 86 valence electrons. The van der Waals surface area contributed by atoms with Gasteiger partial charge in [-0.1, -0.05) is 18.0 Å². The summed E-state index contributed by atoms with van der Waals surface area (Å²) in [6.07, 6.45) is 9.27. The molecule has 16 heavy (non-hydrogen) atoms. The predicted molar refractivity (Wildman–Crippen MR) is 68.4 cm³/mol. The van der Waals surface area contributed by atoms with Crippen LogP contribution in [0.3, 0.4) is 0 Å². The van der Waals surface area contributed by atoms with Gasteiger partial charge in [0.2, 0.25) is 0 Å². The second kappa shape index (κ2) is 4.04. The van der Waals surface area contributed by atoms with E-state index in [0.717, 1.165) is 0 Å². The van der Waals surface area contributed by atoms with Crippen LogP contribution in [0.2, 0.25) is 0 Å². The fraction of sp³-hybridized carbons (Fsp3) is 0.615. The zero-order valence-corrected chi connectivity index (χ0v) is 10.6. The molecule has 0 radical (unpaired) electrons. The Morgan fingerprint density at radius 2 is 2.12 bits per heavy atom. The number of aromatic nitrogens is 1. The van der Waals surface area contributed by atoms with E-state index in [1.807, 2.05) is 18.1 Å². The van der Waals surface area contributed by atoms with Gasteiger partial charge >= 0.3 is 0 Å². The number of fused-ring (bicyclic) bond motifs is 1. The Labute approximate surface area is 102 Å². The van der Waals surface area contributed by atoms with Gasteiger partial charge in [-0.15, -0.1) is 0 Å². The van der Waals surface area contributed by atoms with Crippen LogP contribution in [0.15, 0.2) is 18.3 Å². The van der Waals surface area contributed by atoms with Crippen molar-refractivity contribution in [1.82, 2.24) is 9.29 Å². The Morgan fingerprint density at radius 3 is 2.81 bits per heavy atom. The molecule has 0 N–H and O–H groups in total. The van der Waals surface area contributed by atoms with Crippen molar-refractivity contribution in [2.75, 3.05) is 19.3 Å². The molecule has 2 heterocycles. The van der Waals surface area contributed by atoms with Crippen LogP contribution < -0.4 is 0 Å². The van der Waals surface area contributed by atoms with Gasteiger partial charge in [-0.05, 0) is 49.0 Å². The van der Waals surface area contributed by atoms with Crippen LogP contribution in [0.25, 0.3) is 0 Å². The van der Waals surface area contributed by atoms with Gasteiger partial charge < -0.3 is 0 Å². The van der Waals surface area contributed by atoms with Crippen molar-refractivity contribution in [3.05, 3.63) is 29.6 Å². The van der Waals surface area contributed by atoms with Gasteiger partial charge in [-0.2, -0.15) is 0 Å². The summed E-state index contributed by atoms with van der Waals surface area (Å²) < 4.78 is 2.49. The highest BCUT2D eigenvalue weighted by atomic mass is 32.2. The first-order chi connectivity index (χ1) is 7.81.